The highest BCUT2D eigenvalue weighted by Crippen LogP contribution is 2.32. The molecule has 2 aromatic heterocycles. The lowest BCUT2D eigenvalue weighted by Gasteiger charge is -2.08. The van der Waals surface area contributed by atoms with Gasteiger partial charge in [-0.3, -0.25) is 0 Å². The first kappa shape index (κ1) is 14.2. The molecule has 108 valence electrons. The van der Waals surface area contributed by atoms with Crippen molar-refractivity contribution in [2.24, 2.45) is 5.73 Å². The monoisotopic (exact) mass is 297 g/mol. The van der Waals surface area contributed by atoms with E-state index < -0.39 is 0 Å². The maximum atomic E-state index is 6.02. The number of rotatable bonds is 4. The van der Waals surface area contributed by atoms with E-state index in [1.165, 1.54) is 16.2 Å². The van der Waals surface area contributed by atoms with Crippen LogP contribution in [-0.4, -0.2) is 15.4 Å². The van der Waals surface area contributed by atoms with Gasteiger partial charge in [0.15, 0.2) is 0 Å². The summed E-state index contributed by atoms with van der Waals surface area (Å²) < 4.78 is 2.14. The summed E-state index contributed by atoms with van der Waals surface area (Å²) in [5.74, 6) is 0. The van der Waals surface area contributed by atoms with Crippen molar-refractivity contribution in [3.63, 3.8) is 0 Å². The molecule has 1 aromatic carbocycles. The molecule has 0 amide bonds. The fourth-order valence-electron chi connectivity index (χ4n) is 2.37. The Balaban J connectivity index is 2.07. The molecule has 4 heteroatoms. The van der Waals surface area contributed by atoms with Gasteiger partial charge in [0.25, 0.3) is 0 Å². The number of imidazole rings is 1. The third-order valence-electron chi connectivity index (χ3n) is 3.41. The number of nitrogens with zero attached hydrogens (tertiary/aromatic N) is 2. The number of aromatic nitrogens is 2. The fourth-order valence-corrected chi connectivity index (χ4v) is 3.40. The van der Waals surface area contributed by atoms with E-state index in [2.05, 4.69) is 41.8 Å². The molecular weight excluding hydrogens is 278 g/mol. The van der Waals surface area contributed by atoms with Crippen LogP contribution in [-0.2, 0) is 6.42 Å². The summed E-state index contributed by atoms with van der Waals surface area (Å²) >= 11 is 1.72. The van der Waals surface area contributed by atoms with Crippen molar-refractivity contribution in [3.8, 4) is 0 Å². The van der Waals surface area contributed by atoms with E-state index in [0.717, 1.165) is 17.1 Å². The van der Waals surface area contributed by atoms with E-state index in [1.807, 2.05) is 25.1 Å². The van der Waals surface area contributed by atoms with Gasteiger partial charge < -0.3 is 10.1 Å². The SMILES string of the molecule is Cc1ccccc1Sc1nc2ccccn2c1CC(C)N. The molecule has 3 aromatic rings. The zero-order valence-corrected chi connectivity index (χ0v) is 13.1. The average molecular weight is 297 g/mol. The quantitative estimate of drug-likeness (QED) is 0.799. The molecule has 0 fully saturated rings. The molecular formula is C17H19N3S. The predicted octanol–water partition coefficient (Wildman–Crippen LogP) is 3.68. The molecule has 0 aliphatic carbocycles. The first-order valence-corrected chi connectivity index (χ1v) is 7.92. The Morgan fingerprint density at radius 3 is 2.71 bits per heavy atom. The normalized spacial score (nSPS) is 12.7. The molecule has 0 bridgehead atoms. The van der Waals surface area contributed by atoms with Crippen molar-refractivity contribution < 1.29 is 0 Å². The molecule has 21 heavy (non-hydrogen) atoms. The Labute approximate surface area is 129 Å². The van der Waals surface area contributed by atoms with E-state index in [-0.39, 0.29) is 6.04 Å². The second-order valence-electron chi connectivity index (χ2n) is 5.34. The third kappa shape index (κ3) is 2.96. The van der Waals surface area contributed by atoms with Crippen molar-refractivity contribution in [3.05, 3.63) is 59.9 Å². The number of nitrogens with two attached hydrogens (primary N) is 1. The molecule has 1 atom stereocenters. The number of hydrogen-bond acceptors (Lipinski definition) is 3. The van der Waals surface area contributed by atoms with Crippen molar-refractivity contribution in [2.75, 3.05) is 0 Å². The maximum absolute atomic E-state index is 6.02. The minimum Gasteiger partial charge on any atom is -0.328 e. The van der Waals surface area contributed by atoms with Crippen molar-refractivity contribution >= 4 is 17.4 Å². The molecule has 2 heterocycles. The molecule has 0 aliphatic rings. The highest BCUT2D eigenvalue weighted by Gasteiger charge is 2.15. The first-order valence-electron chi connectivity index (χ1n) is 7.10. The summed E-state index contributed by atoms with van der Waals surface area (Å²) in [4.78, 5) is 6.01. The summed E-state index contributed by atoms with van der Waals surface area (Å²) in [6.07, 6.45) is 2.88. The average Bonchev–Trinajstić information content (AvgIpc) is 2.79. The van der Waals surface area contributed by atoms with Crippen LogP contribution in [0.2, 0.25) is 0 Å². The van der Waals surface area contributed by atoms with Gasteiger partial charge in [0.2, 0.25) is 0 Å². The minimum atomic E-state index is 0.112. The third-order valence-corrected chi connectivity index (χ3v) is 4.61. The zero-order chi connectivity index (χ0) is 14.8. The molecule has 2 N–H and O–H groups in total. The summed E-state index contributed by atoms with van der Waals surface area (Å²) in [5, 5.41) is 1.05. The number of aryl methyl sites for hydroxylation is 1. The van der Waals surface area contributed by atoms with Gasteiger partial charge in [0.05, 0.1) is 5.69 Å². The van der Waals surface area contributed by atoms with E-state index in [4.69, 9.17) is 10.7 Å². The van der Waals surface area contributed by atoms with Gasteiger partial charge in [0.1, 0.15) is 10.7 Å². The lowest BCUT2D eigenvalue weighted by Crippen LogP contribution is -2.19. The number of fused-ring (bicyclic) bond motifs is 1. The standard InChI is InChI=1S/C17H19N3S/c1-12-7-3-4-8-15(12)21-17-14(11-13(2)18)20-10-6-5-9-16(20)19-17/h3-10,13H,11,18H2,1-2H3. The van der Waals surface area contributed by atoms with E-state index in [9.17, 15) is 0 Å². The molecule has 0 aliphatic heterocycles. The smallest absolute Gasteiger partial charge is 0.138 e. The van der Waals surface area contributed by atoms with Gasteiger partial charge in [-0.1, -0.05) is 36.0 Å². The molecule has 0 spiro atoms. The Morgan fingerprint density at radius 1 is 1.19 bits per heavy atom. The van der Waals surface area contributed by atoms with Gasteiger partial charge >= 0.3 is 0 Å². The summed E-state index contributed by atoms with van der Waals surface area (Å²) in [6, 6.07) is 14.6. The maximum Gasteiger partial charge on any atom is 0.138 e. The Hall–Kier alpha value is -1.78. The number of benzene rings is 1. The molecule has 0 saturated heterocycles. The van der Waals surface area contributed by atoms with Gasteiger partial charge in [-0.05, 0) is 37.6 Å². The number of hydrogen-bond donors (Lipinski definition) is 1. The van der Waals surface area contributed by atoms with Gasteiger partial charge in [-0.2, -0.15) is 0 Å². The minimum absolute atomic E-state index is 0.112. The van der Waals surface area contributed by atoms with Crippen molar-refractivity contribution in [1.82, 2.24) is 9.38 Å². The molecule has 1 unspecified atom stereocenters. The van der Waals surface area contributed by atoms with Crippen LogP contribution in [0.5, 0.6) is 0 Å². The fraction of sp³-hybridized carbons (Fsp3) is 0.235. The van der Waals surface area contributed by atoms with Crippen LogP contribution in [0.1, 0.15) is 18.2 Å². The van der Waals surface area contributed by atoms with Crippen LogP contribution in [0.4, 0.5) is 0 Å². The molecule has 0 radical (unpaired) electrons. The summed E-state index contributed by atoms with van der Waals surface area (Å²) in [7, 11) is 0. The lowest BCUT2D eigenvalue weighted by atomic mass is 10.2. The van der Waals surface area contributed by atoms with Crippen molar-refractivity contribution in [1.29, 1.82) is 0 Å². The van der Waals surface area contributed by atoms with E-state index >= 15 is 0 Å². The zero-order valence-electron chi connectivity index (χ0n) is 12.3. The van der Waals surface area contributed by atoms with E-state index in [0.29, 0.717) is 0 Å². The van der Waals surface area contributed by atoms with Gasteiger partial charge in [0, 0.05) is 23.6 Å². The first-order chi connectivity index (χ1) is 10.1. The highest BCUT2D eigenvalue weighted by molar-refractivity contribution is 7.99. The predicted molar refractivity (Wildman–Crippen MR) is 87.8 cm³/mol. The van der Waals surface area contributed by atoms with Crippen LogP contribution in [0.15, 0.2) is 58.6 Å². The summed E-state index contributed by atoms with van der Waals surface area (Å²) in [6.45, 7) is 4.16. The second kappa shape index (κ2) is 5.92. The van der Waals surface area contributed by atoms with Crippen LogP contribution in [0, 0.1) is 6.92 Å². The highest BCUT2D eigenvalue weighted by atomic mass is 32.2. The van der Waals surface area contributed by atoms with Gasteiger partial charge in [-0.15, -0.1) is 0 Å². The summed E-state index contributed by atoms with van der Waals surface area (Å²) in [5.41, 5.74) is 9.45. The Morgan fingerprint density at radius 2 is 1.95 bits per heavy atom. The molecule has 3 nitrogen and oxygen atoms in total. The molecule has 0 saturated carbocycles. The van der Waals surface area contributed by atoms with Gasteiger partial charge in [-0.25, -0.2) is 4.98 Å². The number of pyridine rings is 1. The van der Waals surface area contributed by atoms with Crippen LogP contribution >= 0.6 is 11.8 Å². The topological polar surface area (TPSA) is 43.3 Å². The lowest BCUT2D eigenvalue weighted by molar-refractivity contribution is 0.705. The second-order valence-corrected chi connectivity index (χ2v) is 6.37. The largest absolute Gasteiger partial charge is 0.328 e. The Kier molecular flexibility index (Phi) is 3.99. The van der Waals surface area contributed by atoms with Crippen LogP contribution in [0.25, 0.3) is 5.65 Å². The van der Waals surface area contributed by atoms with Crippen molar-refractivity contribution in [2.45, 2.75) is 36.2 Å². The van der Waals surface area contributed by atoms with Crippen LogP contribution in [0.3, 0.4) is 0 Å². The van der Waals surface area contributed by atoms with Crippen LogP contribution < -0.4 is 5.73 Å². The Bertz CT molecular complexity index is 762. The van der Waals surface area contributed by atoms with E-state index in [1.54, 1.807) is 11.8 Å². The molecule has 3 rings (SSSR count).